The second-order valence-electron chi connectivity index (χ2n) is 14.2. The third kappa shape index (κ3) is 6.72. The Morgan fingerprint density at radius 1 is 1.20 bits per heavy atom. The number of pyridine rings is 1. The molecule has 2 amide bonds. The van der Waals surface area contributed by atoms with Gasteiger partial charge in [-0.2, -0.15) is 0 Å². The molecule has 0 radical (unpaired) electrons. The fraction of sp³-hybridized carbons (Fsp3) is 0.647. The molecule has 2 aliphatic heterocycles. The molecule has 2 aromatic rings. The second kappa shape index (κ2) is 12.0. The number of alkyl carbamates (subject to hydrolysis) is 1. The van der Waals surface area contributed by atoms with Gasteiger partial charge < -0.3 is 24.4 Å². The molecule has 1 saturated carbocycles. The maximum absolute atomic E-state index is 16.0. The lowest BCUT2D eigenvalue weighted by atomic mass is 9.85. The minimum atomic E-state index is -3.25. The first kappa shape index (κ1) is 32.9. The first-order chi connectivity index (χ1) is 21.0. The summed E-state index contributed by atoms with van der Waals surface area (Å²) in [7, 11) is 0. The summed E-state index contributed by atoms with van der Waals surface area (Å²) in [4.78, 5) is 46.2. The van der Waals surface area contributed by atoms with Gasteiger partial charge in [0.25, 0.3) is 5.92 Å². The van der Waals surface area contributed by atoms with Gasteiger partial charge in [-0.15, -0.1) is 0 Å². The zero-order chi connectivity index (χ0) is 32.9. The Morgan fingerprint density at radius 2 is 1.93 bits per heavy atom. The summed E-state index contributed by atoms with van der Waals surface area (Å²) in [6.07, 6.45) is 0.118. The van der Waals surface area contributed by atoms with Crippen LogP contribution < -0.4 is 14.8 Å². The predicted molar refractivity (Wildman–Crippen MR) is 164 cm³/mol. The first-order valence-electron chi connectivity index (χ1n) is 16.0. The summed E-state index contributed by atoms with van der Waals surface area (Å²) in [5, 5.41) is 3.31. The largest absolute Gasteiger partial charge is 0.494 e. The van der Waals surface area contributed by atoms with Crippen molar-refractivity contribution < 1.29 is 37.4 Å². The normalized spacial score (nSPS) is 30.6. The minimum Gasteiger partial charge on any atom is -0.494 e. The van der Waals surface area contributed by atoms with Crippen molar-refractivity contribution >= 4 is 28.7 Å². The molecule has 0 unspecified atom stereocenters. The molecule has 3 aliphatic rings. The lowest BCUT2D eigenvalue weighted by Gasteiger charge is -2.35. The molecule has 3 heterocycles. The Bertz CT molecular complexity index is 1480. The smallest absolute Gasteiger partial charge is 0.408 e. The third-order valence-electron chi connectivity index (χ3n) is 9.57. The summed E-state index contributed by atoms with van der Waals surface area (Å²) < 4.78 is 49.8. The van der Waals surface area contributed by atoms with Crippen molar-refractivity contribution in [2.75, 3.05) is 13.2 Å². The quantitative estimate of drug-likeness (QED) is 0.419. The van der Waals surface area contributed by atoms with Crippen LogP contribution in [0.1, 0.15) is 86.1 Å². The standard InChI is InChI=1S/C34H45F2N3O6/c1-8-43-23-13-12-21-15-24-29(37-25(21)16-23)44-26-18-39(27(19(26)2)20(3)40)30(41)28(32(4,5)6)38-31(42)45-33(7)17-22(33)11-9-10-14-34(24,35)36/h12-13,15-16,19,22,26-28H,8-11,14,17-18H2,1-7H3,(H,38,42)/t19-,22-,26+,27+,28-,33-/m1/s1. The van der Waals surface area contributed by atoms with E-state index in [1.165, 1.54) is 17.9 Å². The topological polar surface area (TPSA) is 107 Å². The van der Waals surface area contributed by atoms with Crippen molar-refractivity contribution in [3.63, 3.8) is 0 Å². The molecule has 1 aliphatic carbocycles. The van der Waals surface area contributed by atoms with Crippen molar-refractivity contribution in [1.82, 2.24) is 15.2 Å². The van der Waals surface area contributed by atoms with E-state index in [0.29, 0.717) is 42.5 Å². The monoisotopic (exact) mass is 629 g/mol. The average molecular weight is 630 g/mol. The van der Waals surface area contributed by atoms with Crippen LogP contribution in [0.25, 0.3) is 10.9 Å². The van der Waals surface area contributed by atoms with Gasteiger partial charge in [-0.3, -0.25) is 9.59 Å². The molecule has 2 bridgehead atoms. The van der Waals surface area contributed by atoms with Crippen molar-refractivity contribution in [3.05, 3.63) is 29.8 Å². The second-order valence-corrected chi connectivity index (χ2v) is 14.2. The number of halogens is 2. The lowest BCUT2D eigenvalue weighted by Crippen LogP contribution is -2.57. The van der Waals surface area contributed by atoms with Crippen LogP contribution in [0, 0.1) is 17.3 Å². The third-order valence-corrected chi connectivity index (χ3v) is 9.57. The number of alkyl halides is 2. The maximum atomic E-state index is 16.0. The van der Waals surface area contributed by atoms with Gasteiger partial charge in [-0.05, 0) is 63.6 Å². The van der Waals surface area contributed by atoms with Gasteiger partial charge in [0.05, 0.1) is 30.3 Å². The molecule has 0 spiro atoms. The molecule has 9 nitrogen and oxygen atoms in total. The highest BCUT2D eigenvalue weighted by atomic mass is 19.3. The van der Waals surface area contributed by atoms with Crippen molar-refractivity contribution in [3.8, 4) is 11.6 Å². The van der Waals surface area contributed by atoms with Crippen LogP contribution in [0.5, 0.6) is 11.6 Å². The fourth-order valence-electron chi connectivity index (χ4n) is 6.81. The van der Waals surface area contributed by atoms with E-state index in [0.717, 1.165) is 0 Å². The van der Waals surface area contributed by atoms with Crippen LogP contribution in [0.2, 0.25) is 0 Å². The zero-order valence-electron chi connectivity index (χ0n) is 27.2. The summed E-state index contributed by atoms with van der Waals surface area (Å²) in [6.45, 7) is 12.7. The first-order valence-corrected chi connectivity index (χ1v) is 16.0. The van der Waals surface area contributed by atoms with Crippen molar-refractivity contribution in [2.24, 2.45) is 17.3 Å². The van der Waals surface area contributed by atoms with Crippen LogP contribution in [0.15, 0.2) is 24.3 Å². The molecule has 1 aromatic carbocycles. The number of hydrogen-bond acceptors (Lipinski definition) is 7. The highest BCUT2D eigenvalue weighted by Gasteiger charge is 2.54. The predicted octanol–water partition coefficient (Wildman–Crippen LogP) is 6.40. The van der Waals surface area contributed by atoms with Gasteiger partial charge >= 0.3 is 6.09 Å². The number of benzene rings is 1. The number of nitrogens with one attached hydrogen (secondary N) is 1. The van der Waals surface area contributed by atoms with Gasteiger partial charge in [-0.25, -0.2) is 18.6 Å². The van der Waals surface area contributed by atoms with Gasteiger partial charge in [0.2, 0.25) is 11.8 Å². The number of fused-ring (bicyclic) bond motifs is 5. The molecular formula is C34H45F2N3O6. The summed E-state index contributed by atoms with van der Waals surface area (Å²) >= 11 is 0. The van der Waals surface area contributed by atoms with E-state index in [1.807, 2.05) is 34.6 Å². The average Bonchev–Trinajstić information content (AvgIpc) is 3.46. The van der Waals surface area contributed by atoms with Crippen LogP contribution in [0.4, 0.5) is 13.6 Å². The highest BCUT2D eigenvalue weighted by molar-refractivity contribution is 5.92. The van der Waals surface area contributed by atoms with Crippen LogP contribution in [-0.2, 0) is 20.2 Å². The number of carbonyl (C=O) groups excluding carboxylic acids is 3. The number of amides is 2. The molecule has 6 atom stereocenters. The number of ketones is 1. The van der Waals surface area contributed by atoms with Gasteiger partial charge in [0, 0.05) is 29.7 Å². The molecule has 5 rings (SSSR count). The summed E-state index contributed by atoms with van der Waals surface area (Å²) in [5.41, 5.74) is -1.33. The molecular weight excluding hydrogens is 584 g/mol. The van der Waals surface area contributed by atoms with Crippen LogP contribution in [0.3, 0.4) is 0 Å². The van der Waals surface area contributed by atoms with Crippen LogP contribution >= 0.6 is 0 Å². The highest BCUT2D eigenvalue weighted by Crippen LogP contribution is 2.50. The van der Waals surface area contributed by atoms with E-state index < -0.39 is 59.5 Å². The minimum absolute atomic E-state index is 0.0441. The Balaban J connectivity index is 1.58. The SMILES string of the molecule is CCOc1ccc2cc3c(nc2c1)O[C@H]1CN(C(=O)[C@H](C(C)(C)C)NC(=O)O[C@]2(C)C[C@H]2CCCCC3(F)F)[C@H](C(C)=O)[C@@H]1C. The number of carbonyl (C=O) groups is 3. The van der Waals surface area contributed by atoms with Gasteiger partial charge in [-0.1, -0.05) is 34.1 Å². The Kier molecular flexibility index (Phi) is 8.78. The molecule has 45 heavy (non-hydrogen) atoms. The van der Waals surface area contributed by atoms with E-state index >= 15 is 8.78 Å². The Hall–Kier alpha value is -3.50. The van der Waals surface area contributed by atoms with E-state index in [9.17, 15) is 14.4 Å². The van der Waals surface area contributed by atoms with Crippen LogP contribution in [-0.4, -0.2) is 64.6 Å². The summed E-state index contributed by atoms with van der Waals surface area (Å²) in [5.74, 6) is -4.15. The Morgan fingerprint density at radius 3 is 2.60 bits per heavy atom. The van der Waals surface area contributed by atoms with E-state index in [4.69, 9.17) is 14.2 Å². The fourth-order valence-corrected chi connectivity index (χ4v) is 6.81. The van der Waals surface area contributed by atoms with E-state index in [2.05, 4.69) is 10.3 Å². The lowest BCUT2D eigenvalue weighted by molar-refractivity contribution is -0.141. The molecule has 1 saturated heterocycles. The van der Waals surface area contributed by atoms with Gasteiger partial charge in [0.15, 0.2) is 5.78 Å². The zero-order valence-corrected chi connectivity index (χ0v) is 27.2. The summed E-state index contributed by atoms with van der Waals surface area (Å²) in [6, 6.07) is 4.64. The van der Waals surface area contributed by atoms with E-state index in [1.54, 1.807) is 25.1 Å². The number of hydrogen-bond donors (Lipinski definition) is 1. The molecule has 1 aromatic heterocycles. The molecule has 11 heteroatoms. The van der Waals surface area contributed by atoms with Crippen molar-refractivity contribution in [2.45, 2.75) is 110 Å². The molecule has 2 fully saturated rings. The number of ether oxygens (including phenoxy) is 3. The van der Waals surface area contributed by atoms with E-state index in [-0.39, 0.29) is 36.1 Å². The molecule has 246 valence electrons. The van der Waals surface area contributed by atoms with Gasteiger partial charge in [0.1, 0.15) is 23.5 Å². The van der Waals surface area contributed by atoms with Crippen molar-refractivity contribution in [1.29, 1.82) is 0 Å². The Labute approximate surface area is 263 Å². The number of rotatable bonds is 3. The maximum Gasteiger partial charge on any atom is 0.408 e. The molecule has 1 N–H and O–H groups in total. The number of aromatic nitrogens is 1. The number of Topliss-reactive ketones (excluding diaryl/α,β-unsaturated/α-hetero) is 1. The number of nitrogens with zero attached hydrogens (tertiary/aromatic N) is 2.